The van der Waals surface area contributed by atoms with E-state index in [0.717, 1.165) is 42.9 Å². The normalized spacial score (nSPS) is 20.1. The summed E-state index contributed by atoms with van der Waals surface area (Å²) in [6.07, 6.45) is 1.03. The molecule has 0 aromatic rings. The third-order valence-electron chi connectivity index (χ3n) is 4.33. The summed E-state index contributed by atoms with van der Waals surface area (Å²) in [4.78, 5) is 6.53. The molecule has 0 radical (unpaired) electrons. The number of alkyl halides is 3. The van der Waals surface area contributed by atoms with E-state index < -0.39 is 17.6 Å². The molecule has 1 saturated heterocycles. The summed E-state index contributed by atoms with van der Waals surface area (Å²) in [7, 11) is 1.89. The molecule has 6 heteroatoms. The fourth-order valence-corrected chi connectivity index (χ4v) is 2.66. The Balaban J connectivity index is 3.62. The van der Waals surface area contributed by atoms with Gasteiger partial charge in [-0.15, -0.1) is 0 Å². The zero-order valence-electron chi connectivity index (χ0n) is 16.2. The van der Waals surface area contributed by atoms with Gasteiger partial charge in [-0.3, -0.25) is 0 Å². The maximum atomic E-state index is 14.6. The third kappa shape index (κ3) is 5.85. The summed E-state index contributed by atoms with van der Waals surface area (Å²) in [6.45, 7) is 7.58. The van der Waals surface area contributed by atoms with E-state index in [2.05, 4.69) is 4.99 Å². The van der Waals surface area contributed by atoms with E-state index >= 15 is 0 Å². The standard InChI is InChI=1S/C20H28F4N2/c1-6-10-15(20(22,23)24)13-16(17(21)8-3)19(14(4)7-2)25-18-11-9-12-26(18)5/h8,10,13H,6-7,9,11-12H2,1-5H3/b15-10-,16-13+,17-8+,19-14?,25-18?. The van der Waals surface area contributed by atoms with E-state index in [1.54, 1.807) is 13.8 Å². The molecule has 0 bridgehead atoms. The predicted octanol–water partition coefficient (Wildman–Crippen LogP) is 6.49. The summed E-state index contributed by atoms with van der Waals surface area (Å²) in [6, 6.07) is 0. The first-order valence-corrected chi connectivity index (χ1v) is 8.95. The second kappa shape index (κ2) is 9.74. The van der Waals surface area contributed by atoms with Crippen molar-refractivity contribution in [2.24, 2.45) is 4.99 Å². The Kier molecular flexibility index (Phi) is 8.31. The first-order chi connectivity index (χ1) is 12.1. The van der Waals surface area contributed by atoms with E-state index in [-0.39, 0.29) is 17.7 Å². The number of halogens is 4. The van der Waals surface area contributed by atoms with Gasteiger partial charge in [0.05, 0.1) is 11.3 Å². The molecule has 146 valence electrons. The Morgan fingerprint density at radius 3 is 2.35 bits per heavy atom. The van der Waals surface area contributed by atoms with Crippen LogP contribution in [0.2, 0.25) is 0 Å². The Morgan fingerprint density at radius 2 is 1.92 bits per heavy atom. The SMILES string of the molecule is C\C=C(F)/C(=C\C(=C\CC)C(F)(F)F)C(N=C1CCCN1C)=C(C)CC. The summed E-state index contributed by atoms with van der Waals surface area (Å²) in [5.41, 5.74) is 0.0715. The first kappa shape index (κ1) is 22.2. The van der Waals surface area contributed by atoms with Gasteiger partial charge >= 0.3 is 6.18 Å². The highest BCUT2D eigenvalue weighted by Gasteiger charge is 2.33. The fraction of sp³-hybridized carbons (Fsp3) is 0.550. The Labute approximate surface area is 153 Å². The Hall–Kier alpha value is -1.85. The maximum Gasteiger partial charge on any atom is 0.416 e. The number of nitrogens with zero attached hydrogens (tertiary/aromatic N) is 2. The van der Waals surface area contributed by atoms with Gasteiger partial charge in [0.25, 0.3) is 0 Å². The van der Waals surface area contributed by atoms with Crippen molar-refractivity contribution in [3.8, 4) is 0 Å². The van der Waals surface area contributed by atoms with Crippen LogP contribution < -0.4 is 0 Å². The number of hydrogen-bond acceptors (Lipinski definition) is 1. The van der Waals surface area contributed by atoms with Gasteiger partial charge in [0.1, 0.15) is 11.7 Å². The highest BCUT2D eigenvalue weighted by atomic mass is 19.4. The van der Waals surface area contributed by atoms with Gasteiger partial charge < -0.3 is 4.90 Å². The molecule has 26 heavy (non-hydrogen) atoms. The van der Waals surface area contributed by atoms with Crippen LogP contribution in [0.4, 0.5) is 17.6 Å². The molecule has 0 atom stereocenters. The molecule has 0 spiro atoms. The number of aliphatic imine (C=N–C) groups is 1. The second-order valence-electron chi connectivity index (χ2n) is 6.30. The number of likely N-dealkylation sites (tertiary alicyclic amines) is 1. The molecule has 1 fully saturated rings. The first-order valence-electron chi connectivity index (χ1n) is 8.95. The summed E-state index contributed by atoms with van der Waals surface area (Å²) >= 11 is 0. The van der Waals surface area contributed by atoms with Gasteiger partial charge in [0.2, 0.25) is 0 Å². The van der Waals surface area contributed by atoms with E-state index in [1.165, 1.54) is 13.0 Å². The number of allylic oxidation sites excluding steroid dienone is 6. The van der Waals surface area contributed by atoms with Gasteiger partial charge in [-0.2, -0.15) is 13.2 Å². The zero-order chi connectivity index (χ0) is 19.9. The van der Waals surface area contributed by atoms with Crippen LogP contribution in [0.25, 0.3) is 0 Å². The molecule has 1 heterocycles. The fourth-order valence-electron chi connectivity index (χ4n) is 2.66. The molecule has 0 aliphatic carbocycles. The number of amidine groups is 1. The molecule has 0 saturated carbocycles. The Bertz CT molecular complexity index is 649. The van der Waals surface area contributed by atoms with Crippen molar-refractivity contribution in [2.45, 2.75) is 59.6 Å². The zero-order valence-corrected chi connectivity index (χ0v) is 16.2. The molecule has 1 rings (SSSR count). The minimum absolute atomic E-state index is 0.114. The van der Waals surface area contributed by atoms with Crippen molar-refractivity contribution in [1.29, 1.82) is 0 Å². The van der Waals surface area contributed by atoms with Crippen LogP contribution in [-0.4, -0.2) is 30.5 Å². The lowest BCUT2D eigenvalue weighted by molar-refractivity contribution is -0.0884. The lowest BCUT2D eigenvalue weighted by Crippen LogP contribution is -2.19. The quantitative estimate of drug-likeness (QED) is 0.384. The average molecular weight is 372 g/mol. The van der Waals surface area contributed by atoms with E-state index in [9.17, 15) is 17.6 Å². The molecule has 2 nitrogen and oxygen atoms in total. The number of hydrogen-bond donors (Lipinski definition) is 0. The monoisotopic (exact) mass is 372 g/mol. The highest BCUT2D eigenvalue weighted by molar-refractivity contribution is 5.85. The van der Waals surface area contributed by atoms with Crippen molar-refractivity contribution in [3.05, 3.63) is 46.5 Å². The second-order valence-corrected chi connectivity index (χ2v) is 6.30. The maximum absolute atomic E-state index is 14.6. The van der Waals surface area contributed by atoms with Crippen LogP contribution in [0.15, 0.2) is 51.5 Å². The molecule has 0 amide bonds. The summed E-state index contributed by atoms with van der Waals surface area (Å²) in [5.74, 6) is 0.0692. The molecular weight excluding hydrogens is 344 g/mol. The Morgan fingerprint density at radius 1 is 1.27 bits per heavy atom. The van der Waals surface area contributed by atoms with Crippen LogP contribution in [0.5, 0.6) is 0 Å². The van der Waals surface area contributed by atoms with Crippen molar-refractivity contribution in [3.63, 3.8) is 0 Å². The van der Waals surface area contributed by atoms with Gasteiger partial charge in [0, 0.05) is 25.6 Å². The van der Waals surface area contributed by atoms with E-state index in [1.807, 2.05) is 18.9 Å². The summed E-state index contributed by atoms with van der Waals surface area (Å²) < 4.78 is 54.6. The van der Waals surface area contributed by atoms with Gasteiger partial charge in [-0.25, -0.2) is 9.38 Å². The minimum Gasteiger partial charge on any atom is -0.363 e. The average Bonchev–Trinajstić information content (AvgIpc) is 2.99. The molecule has 1 aliphatic rings. The van der Waals surface area contributed by atoms with Crippen molar-refractivity contribution >= 4 is 5.84 Å². The molecule has 1 aliphatic heterocycles. The number of rotatable bonds is 6. The van der Waals surface area contributed by atoms with Crippen LogP contribution in [0.3, 0.4) is 0 Å². The van der Waals surface area contributed by atoms with E-state index in [0.29, 0.717) is 6.42 Å². The highest BCUT2D eigenvalue weighted by Crippen LogP contribution is 2.34. The molecule has 0 unspecified atom stereocenters. The van der Waals surface area contributed by atoms with Crippen LogP contribution >= 0.6 is 0 Å². The van der Waals surface area contributed by atoms with Gasteiger partial charge in [0.15, 0.2) is 0 Å². The molecule has 0 aromatic carbocycles. The van der Waals surface area contributed by atoms with E-state index in [4.69, 9.17) is 0 Å². The van der Waals surface area contributed by atoms with Gasteiger partial charge in [-0.05, 0) is 44.8 Å². The molecule has 0 aromatic heterocycles. The van der Waals surface area contributed by atoms with Gasteiger partial charge in [-0.1, -0.05) is 26.0 Å². The third-order valence-corrected chi connectivity index (χ3v) is 4.33. The van der Waals surface area contributed by atoms with Crippen molar-refractivity contribution < 1.29 is 17.6 Å². The van der Waals surface area contributed by atoms with Crippen LogP contribution in [0.1, 0.15) is 53.4 Å². The predicted molar refractivity (Wildman–Crippen MR) is 99.7 cm³/mol. The van der Waals surface area contributed by atoms with Crippen molar-refractivity contribution in [2.75, 3.05) is 13.6 Å². The van der Waals surface area contributed by atoms with Crippen molar-refractivity contribution in [1.82, 2.24) is 4.90 Å². The topological polar surface area (TPSA) is 15.6 Å². The largest absolute Gasteiger partial charge is 0.416 e. The lowest BCUT2D eigenvalue weighted by Gasteiger charge is -2.17. The lowest BCUT2D eigenvalue weighted by atomic mass is 10.0. The van der Waals surface area contributed by atoms with Crippen LogP contribution in [0, 0.1) is 0 Å². The summed E-state index contributed by atoms with van der Waals surface area (Å²) in [5, 5.41) is 0. The smallest absolute Gasteiger partial charge is 0.363 e. The molecular formula is C20H28F4N2. The minimum atomic E-state index is -4.54. The molecule has 0 N–H and O–H groups in total. The van der Waals surface area contributed by atoms with Crippen LogP contribution in [-0.2, 0) is 0 Å².